The number of rotatable bonds is 3. The van der Waals surface area contributed by atoms with Crippen molar-refractivity contribution in [2.75, 3.05) is 37.6 Å². The first kappa shape index (κ1) is 17.2. The normalized spacial score (nSPS) is 22.6. The van der Waals surface area contributed by atoms with Crippen molar-refractivity contribution < 1.29 is 4.79 Å². The van der Waals surface area contributed by atoms with Crippen LogP contribution in [0.2, 0.25) is 0 Å². The van der Waals surface area contributed by atoms with Gasteiger partial charge in [-0.05, 0) is 33.6 Å². The van der Waals surface area contributed by atoms with Crippen LogP contribution in [-0.4, -0.2) is 80.1 Å². The Bertz CT molecular complexity index is 794. The van der Waals surface area contributed by atoms with Gasteiger partial charge in [-0.1, -0.05) is 0 Å². The summed E-state index contributed by atoms with van der Waals surface area (Å²) in [6.45, 7) is 10.6. The molecule has 0 spiro atoms. The molecule has 8 heteroatoms. The molecule has 0 N–H and O–H groups in total. The molecule has 0 unspecified atom stereocenters. The average Bonchev–Trinajstić information content (AvgIpc) is 3.09. The van der Waals surface area contributed by atoms with Gasteiger partial charge in [0, 0.05) is 50.5 Å². The van der Waals surface area contributed by atoms with Crippen LogP contribution in [0.15, 0.2) is 12.4 Å². The molecule has 4 rings (SSSR count). The molecule has 8 nitrogen and oxygen atoms in total. The molecule has 0 radical (unpaired) electrons. The van der Waals surface area contributed by atoms with Gasteiger partial charge in [-0.25, -0.2) is 4.98 Å². The number of anilines is 1. The maximum absolute atomic E-state index is 12.8. The van der Waals surface area contributed by atoms with Crippen molar-refractivity contribution in [3.8, 4) is 0 Å². The SMILES string of the molecule is Cc1cc(N2CCN([C@@H]3CCCN(C(C)C)C3=O)CC2)n2ncnc2n1. The zero-order valence-electron chi connectivity index (χ0n) is 15.8. The first-order chi connectivity index (χ1) is 12.5. The number of aromatic nitrogens is 4. The van der Waals surface area contributed by atoms with Crippen LogP contribution < -0.4 is 4.90 Å². The fraction of sp³-hybridized carbons (Fsp3) is 0.667. The number of piperazine rings is 1. The lowest BCUT2D eigenvalue weighted by Gasteiger charge is -2.44. The quantitative estimate of drug-likeness (QED) is 0.815. The number of likely N-dealkylation sites (tertiary alicyclic amines) is 1. The van der Waals surface area contributed by atoms with Gasteiger partial charge in [-0.3, -0.25) is 9.69 Å². The highest BCUT2D eigenvalue weighted by molar-refractivity contribution is 5.83. The maximum Gasteiger partial charge on any atom is 0.254 e. The monoisotopic (exact) mass is 357 g/mol. The van der Waals surface area contributed by atoms with Crippen LogP contribution in [0.3, 0.4) is 0 Å². The van der Waals surface area contributed by atoms with Gasteiger partial charge in [0.25, 0.3) is 5.78 Å². The Hall–Kier alpha value is -2.22. The van der Waals surface area contributed by atoms with Crippen LogP contribution in [0, 0.1) is 6.92 Å². The van der Waals surface area contributed by atoms with Gasteiger partial charge in [-0.15, -0.1) is 0 Å². The van der Waals surface area contributed by atoms with E-state index in [1.165, 1.54) is 0 Å². The smallest absolute Gasteiger partial charge is 0.254 e. The number of nitrogens with zero attached hydrogens (tertiary/aromatic N) is 7. The van der Waals surface area contributed by atoms with E-state index in [-0.39, 0.29) is 12.1 Å². The van der Waals surface area contributed by atoms with E-state index in [0.29, 0.717) is 11.7 Å². The number of hydrogen-bond donors (Lipinski definition) is 0. The van der Waals surface area contributed by atoms with Crippen LogP contribution >= 0.6 is 0 Å². The fourth-order valence-electron chi connectivity index (χ4n) is 4.13. The lowest BCUT2D eigenvalue weighted by atomic mass is 10.0. The molecule has 4 heterocycles. The van der Waals surface area contributed by atoms with E-state index in [9.17, 15) is 4.79 Å². The Morgan fingerprint density at radius 2 is 1.92 bits per heavy atom. The third kappa shape index (κ3) is 3.02. The summed E-state index contributed by atoms with van der Waals surface area (Å²) in [4.78, 5) is 28.2. The minimum Gasteiger partial charge on any atom is -0.354 e. The molecule has 0 bridgehead atoms. The minimum absolute atomic E-state index is 0.0406. The van der Waals surface area contributed by atoms with E-state index < -0.39 is 0 Å². The van der Waals surface area contributed by atoms with Crippen LogP contribution in [0.5, 0.6) is 0 Å². The van der Waals surface area contributed by atoms with Crippen LogP contribution in [0.1, 0.15) is 32.4 Å². The van der Waals surface area contributed by atoms with Gasteiger partial charge < -0.3 is 9.80 Å². The predicted octanol–water partition coefficient (Wildman–Crippen LogP) is 0.954. The molecule has 2 aliphatic heterocycles. The number of carbonyl (C=O) groups excluding carboxylic acids is 1. The van der Waals surface area contributed by atoms with Gasteiger partial charge in [0.05, 0.1) is 6.04 Å². The van der Waals surface area contributed by atoms with Gasteiger partial charge in [0.15, 0.2) is 0 Å². The first-order valence-electron chi connectivity index (χ1n) is 9.51. The second-order valence-electron chi connectivity index (χ2n) is 7.53. The van der Waals surface area contributed by atoms with Gasteiger partial charge in [0.2, 0.25) is 5.91 Å². The third-order valence-electron chi connectivity index (χ3n) is 5.51. The largest absolute Gasteiger partial charge is 0.354 e. The molecule has 1 amide bonds. The highest BCUT2D eigenvalue weighted by Gasteiger charge is 2.35. The molecule has 2 saturated heterocycles. The van der Waals surface area contributed by atoms with E-state index in [2.05, 4.69) is 44.8 Å². The van der Waals surface area contributed by atoms with E-state index in [4.69, 9.17) is 0 Å². The first-order valence-corrected chi connectivity index (χ1v) is 9.51. The van der Waals surface area contributed by atoms with Crippen molar-refractivity contribution in [3.63, 3.8) is 0 Å². The van der Waals surface area contributed by atoms with Crippen LogP contribution in [0.25, 0.3) is 5.78 Å². The van der Waals surface area contributed by atoms with E-state index >= 15 is 0 Å². The van der Waals surface area contributed by atoms with Crippen molar-refractivity contribution in [2.24, 2.45) is 0 Å². The number of piperidine rings is 1. The standard InChI is InChI=1S/C18H27N7O/c1-13(2)24-6-4-5-15(17(24)26)22-7-9-23(10-8-22)16-11-14(3)21-18-19-12-20-25(16)18/h11-13,15H,4-10H2,1-3H3/t15-/m1/s1. The Balaban J connectivity index is 1.47. The lowest BCUT2D eigenvalue weighted by molar-refractivity contribution is -0.142. The van der Waals surface area contributed by atoms with Gasteiger partial charge in [-0.2, -0.15) is 14.6 Å². The van der Waals surface area contributed by atoms with Crippen LogP contribution in [0.4, 0.5) is 5.82 Å². The van der Waals surface area contributed by atoms with Crippen molar-refractivity contribution in [2.45, 2.75) is 45.7 Å². The average molecular weight is 357 g/mol. The molecular weight excluding hydrogens is 330 g/mol. The highest BCUT2D eigenvalue weighted by Crippen LogP contribution is 2.23. The summed E-state index contributed by atoms with van der Waals surface area (Å²) in [5, 5.41) is 4.31. The summed E-state index contributed by atoms with van der Waals surface area (Å²) in [5.74, 6) is 1.97. The summed E-state index contributed by atoms with van der Waals surface area (Å²) < 4.78 is 1.80. The predicted molar refractivity (Wildman–Crippen MR) is 99.2 cm³/mol. The third-order valence-corrected chi connectivity index (χ3v) is 5.51. The molecule has 0 saturated carbocycles. The zero-order valence-corrected chi connectivity index (χ0v) is 15.8. The zero-order chi connectivity index (χ0) is 18.3. The molecular formula is C18H27N7O. The second-order valence-corrected chi connectivity index (χ2v) is 7.53. The minimum atomic E-state index is 0.0406. The second kappa shape index (κ2) is 6.83. The van der Waals surface area contributed by atoms with Crippen molar-refractivity contribution in [1.29, 1.82) is 0 Å². The Morgan fingerprint density at radius 1 is 1.15 bits per heavy atom. The fourth-order valence-corrected chi connectivity index (χ4v) is 4.13. The molecule has 2 aromatic heterocycles. The number of carbonyl (C=O) groups is 1. The molecule has 26 heavy (non-hydrogen) atoms. The summed E-state index contributed by atoms with van der Waals surface area (Å²) in [6, 6.07) is 2.38. The van der Waals surface area contributed by atoms with E-state index in [1.54, 1.807) is 10.8 Å². The van der Waals surface area contributed by atoms with Crippen molar-refractivity contribution in [3.05, 3.63) is 18.1 Å². The highest BCUT2D eigenvalue weighted by atomic mass is 16.2. The molecule has 2 fully saturated rings. The number of aryl methyl sites for hydroxylation is 1. The number of fused-ring (bicyclic) bond motifs is 1. The topological polar surface area (TPSA) is 69.9 Å². The number of hydrogen-bond acceptors (Lipinski definition) is 6. The maximum atomic E-state index is 12.8. The van der Waals surface area contributed by atoms with Gasteiger partial charge >= 0.3 is 0 Å². The summed E-state index contributed by atoms with van der Waals surface area (Å²) in [5.41, 5.74) is 0.943. The van der Waals surface area contributed by atoms with E-state index in [0.717, 1.165) is 57.1 Å². The molecule has 0 aromatic carbocycles. The Labute approximate surface area is 153 Å². The Kier molecular flexibility index (Phi) is 4.52. The molecule has 2 aromatic rings. The van der Waals surface area contributed by atoms with Crippen molar-refractivity contribution in [1.82, 2.24) is 29.4 Å². The molecule has 1 atom stereocenters. The van der Waals surface area contributed by atoms with Crippen LogP contribution in [-0.2, 0) is 4.79 Å². The van der Waals surface area contributed by atoms with Gasteiger partial charge in [0.1, 0.15) is 12.1 Å². The molecule has 2 aliphatic rings. The molecule has 0 aliphatic carbocycles. The Morgan fingerprint density at radius 3 is 2.65 bits per heavy atom. The van der Waals surface area contributed by atoms with E-state index in [1.807, 2.05) is 11.8 Å². The lowest BCUT2D eigenvalue weighted by Crippen LogP contribution is -2.58. The van der Waals surface area contributed by atoms with Crippen molar-refractivity contribution >= 4 is 17.5 Å². The summed E-state index contributed by atoms with van der Waals surface area (Å²) >= 11 is 0. The summed E-state index contributed by atoms with van der Waals surface area (Å²) in [7, 11) is 0. The molecule has 140 valence electrons. The summed E-state index contributed by atoms with van der Waals surface area (Å²) in [6.07, 6.45) is 3.62. The number of amides is 1.